The molecule has 4 nitrogen and oxygen atoms in total. The van der Waals surface area contributed by atoms with Crippen LogP contribution in [0.15, 0.2) is 30.8 Å². The molecule has 1 heterocycles. The van der Waals surface area contributed by atoms with Crippen molar-refractivity contribution in [2.75, 3.05) is 13.1 Å². The Kier molecular flexibility index (Phi) is 4.56. The number of rotatable bonds is 4. The number of nitrogens with zero attached hydrogens (tertiary/aromatic N) is 1. The lowest BCUT2D eigenvalue weighted by atomic mass is 10.0. The molecule has 1 fully saturated rings. The van der Waals surface area contributed by atoms with E-state index in [1.807, 2.05) is 19.1 Å². The smallest absolute Gasteiger partial charge is 0.251 e. The summed E-state index contributed by atoms with van der Waals surface area (Å²) in [5, 5.41) is 2.83. The maximum atomic E-state index is 12.1. The molecule has 1 N–H and O–H groups in total. The summed E-state index contributed by atoms with van der Waals surface area (Å²) in [6, 6.07) is 6.77. The van der Waals surface area contributed by atoms with E-state index in [0.717, 1.165) is 18.5 Å². The van der Waals surface area contributed by atoms with Crippen molar-refractivity contribution < 1.29 is 9.59 Å². The van der Waals surface area contributed by atoms with Crippen LogP contribution in [0.25, 0.3) is 6.08 Å². The van der Waals surface area contributed by atoms with E-state index in [0.29, 0.717) is 18.5 Å². The van der Waals surface area contributed by atoms with Gasteiger partial charge in [-0.25, -0.2) is 0 Å². The number of benzene rings is 1. The van der Waals surface area contributed by atoms with Crippen LogP contribution in [0.4, 0.5) is 0 Å². The van der Waals surface area contributed by atoms with E-state index >= 15 is 0 Å². The summed E-state index contributed by atoms with van der Waals surface area (Å²) in [4.78, 5) is 26.1. The van der Waals surface area contributed by atoms with Gasteiger partial charge in [-0.05, 0) is 37.5 Å². The van der Waals surface area contributed by atoms with Crippen LogP contribution in [-0.2, 0) is 4.79 Å². The summed E-state index contributed by atoms with van der Waals surface area (Å²) in [5.41, 5.74) is 1.53. The molecule has 0 aliphatic carbocycles. The van der Waals surface area contributed by atoms with E-state index in [-0.39, 0.29) is 11.8 Å². The number of likely N-dealkylation sites (tertiary alicyclic amines) is 1. The van der Waals surface area contributed by atoms with Crippen LogP contribution < -0.4 is 5.32 Å². The van der Waals surface area contributed by atoms with E-state index < -0.39 is 6.04 Å². The SMILES string of the molecule is C=Cc1ccc(C(=O)NC2CCCN(CC)C2=O)cc1. The van der Waals surface area contributed by atoms with Crippen molar-refractivity contribution in [3.05, 3.63) is 42.0 Å². The minimum atomic E-state index is -0.393. The highest BCUT2D eigenvalue weighted by atomic mass is 16.2. The van der Waals surface area contributed by atoms with Crippen molar-refractivity contribution in [1.82, 2.24) is 10.2 Å². The predicted molar refractivity (Wildman–Crippen MR) is 79.3 cm³/mol. The largest absolute Gasteiger partial charge is 0.341 e. The topological polar surface area (TPSA) is 49.4 Å². The molecule has 1 unspecified atom stereocenters. The van der Waals surface area contributed by atoms with Gasteiger partial charge in [-0.2, -0.15) is 0 Å². The fourth-order valence-electron chi connectivity index (χ4n) is 2.40. The molecule has 0 spiro atoms. The van der Waals surface area contributed by atoms with E-state index in [1.54, 1.807) is 23.1 Å². The maximum absolute atomic E-state index is 12.1. The Morgan fingerprint density at radius 3 is 2.75 bits per heavy atom. The van der Waals surface area contributed by atoms with Crippen LogP contribution in [0.3, 0.4) is 0 Å². The number of hydrogen-bond acceptors (Lipinski definition) is 2. The molecule has 0 saturated carbocycles. The van der Waals surface area contributed by atoms with Crippen molar-refractivity contribution >= 4 is 17.9 Å². The van der Waals surface area contributed by atoms with Gasteiger partial charge in [0.15, 0.2) is 0 Å². The van der Waals surface area contributed by atoms with Crippen molar-refractivity contribution in [3.63, 3.8) is 0 Å². The minimum absolute atomic E-state index is 0.0230. The Morgan fingerprint density at radius 1 is 1.45 bits per heavy atom. The molecule has 106 valence electrons. The third-order valence-electron chi connectivity index (χ3n) is 3.63. The first kappa shape index (κ1) is 14.3. The zero-order valence-electron chi connectivity index (χ0n) is 11.8. The van der Waals surface area contributed by atoms with Gasteiger partial charge in [0.2, 0.25) is 5.91 Å². The maximum Gasteiger partial charge on any atom is 0.251 e. The number of hydrogen-bond donors (Lipinski definition) is 1. The summed E-state index contributed by atoms with van der Waals surface area (Å²) < 4.78 is 0. The minimum Gasteiger partial charge on any atom is -0.341 e. The Bertz CT molecular complexity index is 508. The molecule has 1 aromatic carbocycles. The van der Waals surface area contributed by atoms with E-state index in [9.17, 15) is 9.59 Å². The van der Waals surface area contributed by atoms with Crippen LogP contribution in [0, 0.1) is 0 Å². The zero-order valence-corrected chi connectivity index (χ0v) is 11.8. The van der Waals surface area contributed by atoms with Crippen molar-refractivity contribution in [2.45, 2.75) is 25.8 Å². The van der Waals surface area contributed by atoms with E-state index in [1.165, 1.54) is 0 Å². The zero-order chi connectivity index (χ0) is 14.5. The predicted octanol–water partition coefficient (Wildman–Crippen LogP) is 2.07. The lowest BCUT2D eigenvalue weighted by Crippen LogP contribution is -2.52. The average molecular weight is 272 g/mol. The monoisotopic (exact) mass is 272 g/mol. The second kappa shape index (κ2) is 6.37. The van der Waals surface area contributed by atoms with E-state index in [2.05, 4.69) is 11.9 Å². The number of amides is 2. The van der Waals surface area contributed by atoms with Gasteiger partial charge in [-0.1, -0.05) is 24.8 Å². The molecule has 2 rings (SSSR count). The van der Waals surface area contributed by atoms with Gasteiger partial charge in [0, 0.05) is 18.7 Å². The second-order valence-electron chi connectivity index (χ2n) is 4.91. The summed E-state index contributed by atoms with van der Waals surface area (Å²) in [7, 11) is 0. The van der Waals surface area contributed by atoms with Gasteiger partial charge < -0.3 is 10.2 Å². The van der Waals surface area contributed by atoms with Gasteiger partial charge in [-0.15, -0.1) is 0 Å². The summed E-state index contributed by atoms with van der Waals surface area (Å²) >= 11 is 0. The Morgan fingerprint density at radius 2 is 2.15 bits per heavy atom. The number of carbonyl (C=O) groups excluding carboxylic acids is 2. The van der Waals surface area contributed by atoms with Crippen molar-refractivity contribution in [1.29, 1.82) is 0 Å². The van der Waals surface area contributed by atoms with Crippen molar-refractivity contribution in [2.24, 2.45) is 0 Å². The fourth-order valence-corrected chi connectivity index (χ4v) is 2.40. The number of piperidine rings is 1. The van der Waals surface area contributed by atoms with Crippen LogP contribution in [0.2, 0.25) is 0 Å². The van der Waals surface area contributed by atoms with Crippen molar-refractivity contribution in [3.8, 4) is 0 Å². The average Bonchev–Trinajstić information content (AvgIpc) is 2.49. The number of nitrogens with one attached hydrogen (secondary N) is 1. The molecule has 0 aromatic heterocycles. The first-order valence-corrected chi connectivity index (χ1v) is 6.98. The number of carbonyl (C=O) groups is 2. The highest BCUT2D eigenvalue weighted by molar-refractivity contribution is 5.97. The Balaban J connectivity index is 2.02. The molecule has 1 aliphatic rings. The molecular weight excluding hydrogens is 252 g/mol. The van der Waals surface area contributed by atoms with Gasteiger partial charge in [-0.3, -0.25) is 9.59 Å². The molecule has 0 radical (unpaired) electrons. The van der Waals surface area contributed by atoms with E-state index in [4.69, 9.17) is 0 Å². The van der Waals surface area contributed by atoms with Gasteiger partial charge in [0.05, 0.1) is 0 Å². The first-order valence-electron chi connectivity index (χ1n) is 6.98. The highest BCUT2D eigenvalue weighted by Gasteiger charge is 2.28. The van der Waals surface area contributed by atoms with Gasteiger partial charge >= 0.3 is 0 Å². The Hall–Kier alpha value is -2.10. The molecule has 1 aliphatic heterocycles. The molecule has 4 heteroatoms. The standard InChI is InChI=1S/C16H20N2O2/c1-3-12-7-9-13(10-8-12)15(19)17-14-6-5-11-18(4-2)16(14)20/h3,7-10,14H,1,4-6,11H2,2H3,(H,17,19). The quantitative estimate of drug-likeness (QED) is 0.912. The molecule has 1 atom stereocenters. The fraction of sp³-hybridized carbons (Fsp3) is 0.375. The first-order chi connectivity index (χ1) is 9.65. The third-order valence-corrected chi connectivity index (χ3v) is 3.63. The Labute approximate surface area is 119 Å². The summed E-state index contributed by atoms with van der Waals surface area (Å²) in [6.45, 7) is 7.11. The van der Waals surface area contributed by atoms with Gasteiger partial charge in [0.1, 0.15) is 6.04 Å². The van der Waals surface area contributed by atoms with Crippen LogP contribution in [0.1, 0.15) is 35.7 Å². The molecule has 2 amide bonds. The van der Waals surface area contributed by atoms with Crippen LogP contribution in [0.5, 0.6) is 0 Å². The molecule has 1 saturated heterocycles. The molecule has 1 aromatic rings. The summed E-state index contributed by atoms with van der Waals surface area (Å²) in [6.07, 6.45) is 3.37. The number of likely N-dealkylation sites (N-methyl/N-ethyl adjacent to an activating group) is 1. The van der Waals surface area contributed by atoms with Gasteiger partial charge in [0.25, 0.3) is 5.91 Å². The highest BCUT2D eigenvalue weighted by Crippen LogP contribution is 2.12. The van der Waals surface area contributed by atoms with Crippen LogP contribution >= 0.6 is 0 Å². The summed E-state index contributed by atoms with van der Waals surface area (Å²) in [5.74, 6) is -0.174. The lowest BCUT2D eigenvalue weighted by Gasteiger charge is -2.31. The van der Waals surface area contributed by atoms with Crippen LogP contribution in [-0.4, -0.2) is 35.8 Å². The molecule has 0 bridgehead atoms. The second-order valence-corrected chi connectivity index (χ2v) is 4.91. The molecular formula is C16H20N2O2. The third kappa shape index (κ3) is 3.07. The normalized spacial score (nSPS) is 18.8. The molecule has 20 heavy (non-hydrogen) atoms. The lowest BCUT2D eigenvalue weighted by molar-refractivity contribution is -0.135.